The Bertz CT molecular complexity index is 380. The molecule has 0 saturated heterocycles. The van der Waals surface area contributed by atoms with E-state index >= 15 is 0 Å². The van der Waals surface area contributed by atoms with Crippen LogP contribution in [0.2, 0.25) is 0 Å². The van der Waals surface area contributed by atoms with E-state index in [9.17, 15) is 9.50 Å². The molecule has 17 heavy (non-hydrogen) atoms. The Hall–Kier alpha value is -0.930. The topological polar surface area (TPSA) is 29.5 Å². The molecular formula is C14H19FO2. The Morgan fingerprint density at radius 3 is 3.00 bits per heavy atom. The molecule has 0 radical (unpaired) electrons. The number of ether oxygens (including phenoxy) is 1. The molecule has 1 saturated carbocycles. The highest BCUT2D eigenvalue weighted by atomic mass is 19.1. The predicted molar refractivity (Wildman–Crippen MR) is 64.3 cm³/mol. The number of hydrogen-bond donors (Lipinski definition) is 1. The number of hydrogen-bond acceptors (Lipinski definition) is 2. The molecule has 1 fully saturated rings. The number of aliphatic hydroxyl groups is 1. The van der Waals surface area contributed by atoms with Crippen LogP contribution in [0, 0.1) is 5.82 Å². The molecule has 0 spiro atoms. The summed E-state index contributed by atoms with van der Waals surface area (Å²) in [5, 5.41) is 10.6. The maximum Gasteiger partial charge on any atom is 0.123 e. The predicted octanol–water partition coefficient (Wildman–Crippen LogP) is 2.69. The van der Waals surface area contributed by atoms with Gasteiger partial charge in [0.05, 0.1) is 11.7 Å². The maximum absolute atomic E-state index is 13.1. The van der Waals surface area contributed by atoms with E-state index in [1.807, 2.05) is 6.07 Å². The van der Waals surface area contributed by atoms with Crippen LogP contribution in [0.4, 0.5) is 4.39 Å². The monoisotopic (exact) mass is 238 g/mol. The average Bonchev–Trinajstić information content (AvgIpc) is 2.29. The molecule has 0 bridgehead atoms. The molecule has 1 aliphatic rings. The minimum atomic E-state index is -0.846. The van der Waals surface area contributed by atoms with E-state index in [2.05, 4.69) is 0 Å². The normalized spacial score (nSPS) is 29.2. The molecule has 2 atom stereocenters. The van der Waals surface area contributed by atoms with Crippen molar-refractivity contribution in [2.45, 2.75) is 43.8 Å². The molecule has 2 rings (SSSR count). The molecule has 0 aliphatic heterocycles. The van der Waals surface area contributed by atoms with Gasteiger partial charge in [0, 0.05) is 13.5 Å². The van der Waals surface area contributed by atoms with Crippen LogP contribution < -0.4 is 0 Å². The highest BCUT2D eigenvalue weighted by Crippen LogP contribution is 2.33. The first-order valence-electron chi connectivity index (χ1n) is 6.14. The molecule has 0 amide bonds. The lowest BCUT2D eigenvalue weighted by molar-refractivity contribution is -0.116. The number of benzene rings is 1. The molecule has 3 heteroatoms. The van der Waals surface area contributed by atoms with Crippen LogP contribution in [0.1, 0.15) is 31.2 Å². The van der Waals surface area contributed by atoms with Crippen LogP contribution >= 0.6 is 0 Å². The Morgan fingerprint density at radius 2 is 2.29 bits per heavy atom. The molecule has 1 aromatic rings. The van der Waals surface area contributed by atoms with Crippen molar-refractivity contribution in [1.29, 1.82) is 0 Å². The van der Waals surface area contributed by atoms with E-state index in [0.29, 0.717) is 6.42 Å². The van der Waals surface area contributed by atoms with E-state index in [1.54, 1.807) is 13.2 Å². The third-order valence-corrected chi connectivity index (χ3v) is 3.61. The summed E-state index contributed by atoms with van der Waals surface area (Å²) in [6.45, 7) is 0. The summed E-state index contributed by atoms with van der Waals surface area (Å²) in [6.07, 6.45) is 4.02. The van der Waals surface area contributed by atoms with Gasteiger partial charge in [0.15, 0.2) is 0 Å². The van der Waals surface area contributed by atoms with Crippen molar-refractivity contribution >= 4 is 0 Å². The lowest BCUT2D eigenvalue weighted by atomic mass is 9.78. The van der Waals surface area contributed by atoms with Gasteiger partial charge in [0.2, 0.25) is 0 Å². The second kappa shape index (κ2) is 5.15. The SMILES string of the molecule is COC1CCCCC1(O)Cc1cccc(F)c1. The zero-order chi connectivity index (χ0) is 12.3. The van der Waals surface area contributed by atoms with E-state index in [4.69, 9.17) is 4.74 Å². The minimum Gasteiger partial charge on any atom is -0.387 e. The Morgan fingerprint density at radius 1 is 1.47 bits per heavy atom. The molecule has 2 unspecified atom stereocenters. The summed E-state index contributed by atoms with van der Waals surface area (Å²) in [5.74, 6) is -0.254. The summed E-state index contributed by atoms with van der Waals surface area (Å²) in [7, 11) is 1.63. The van der Waals surface area contributed by atoms with Crippen molar-refractivity contribution in [2.24, 2.45) is 0 Å². The van der Waals surface area contributed by atoms with E-state index in [-0.39, 0.29) is 11.9 Å². The molecule has 0 heterocycles. The maximum atomic E-state index is 13.1. The van der Waals surface area contributed by atoms with Crippen LogP contribution in [0.15, 0.2) is 24.3 Å². The fourth-order valence-corrected chi connectivity index (χ4v) is 2.73. The molecular weight excluding hydrogens is 219 g/mol. The summed E-state index contributed by atoms with van der Waals surface area (Å²) in [4.78, 5) is 0. The quantitative estimate of drug-likeness (QED) is 0.877. The smallest absolute Gasteiger partial charge is 0.123 e. The van der Waals surface area contributed by atoms with Gasteiger partial charge in [-0.05, 0) is 30.5 Å². The first kappa shape index (κ1) is 12.5. The zero-order valence-corrected chi connectivity index (χ0v) is 10.2. The van der Waals surface area contributed by atoms with Crippen LogP contribution in [0.25, 0.3) is 0 Å². The summed E-state index contributed by atoms with van der Waals surface area (Å²) < 4.78 is 18.5. The third kappa shape index (κ3) is 2.85. The van der Waals surface area contributed by atoms with Gasteiger partial charge in [0.25, 0.3) is 0 Å². The highest BCUT2D eigenvalue weighted by Gasteiger charge is 2.39. The third-order valence-electron chi connectivity index (χ3n) is 3.61. The highest BCUT2D eigenvalue weighted by molar-refractivity contribution is 5.19. The van der Waals surface area contributed by atoms with Gasteiger partial charge in [-0.3, -0.25) is 0 Å². The summed E-state index contributed by atoms with van der Waals surface area (Å²) >= 11 is 0. The minimum absolute atomic E-state index is 0.139. The van der Waals surface area contributed by atoms with Crippen molar-refractivity contribution in [1.82, 2.24) is 0 Å². The van der Waals surface area contributed by atoms with Crippen molar-refractivity contribution in [2.75, 3.05) is 7.11 Å². The molecule has 0 aromatic heterocycles. The van der Waals surface area contributed by atoms with Crippen LogP contribution in [-0.4, -0.2) is 23.9 Å². The summed E-state index contributed by atoms with van der Waals surface area (Å²) in [5.41, 5.74) is -0.0164. The van der Waals surface area contributed by atoms with Crippen molar-refractivity contribution in [3.8, 4) is 0 Å². The van der Waals surface area contributed by atoms with Crippen LogP contribution in [0.5, 0.6) is 0 Å². The number of halogens is 1. The van der Waals surface area contributed by atoms with Gasteiger partial charge in [-0.15, -0.1) is 0 Å². The number of rotatable bonds is 3. The fourth-order valence-electron chi connectivity index (χ4n) is 2.73. The van der Waals surface area contributed by atoms with Gasteiger partial charge >= 0.3 is 0 Å². The molecule has 1 aromatic carbocycles. The van der Waals surface area contributed by atoms with Crippen LogP contribution in [-0.2, 0) is 11.2 Å². The van der Waals surface area contributed by atoms with Gasteiger partial charge in [0.1, 0.15) is 5.82 Å². The van der Waals surface area contributed by atoms with E-state index in [1.165, 1.54) is 12.1 Å². The standard InChI is InChI=1S/C14H19FO2/c1-17-13-7-2-3-8-14(13,16)10-11-5-4-6-12(15)9-11/h4-6,9,13,16H,2-3,7-8,10H2,1H3. The Kier molecular flexibility index (Phi) is 3.79. The fraction of sp³-hybridized carbons (Fsp3) is 0.571. The second-order valence-electron chi connectivity index (χ2n) is 4.88. The second-order valence-corrected chi connectivity index (χ2v) is 4.88. The molecule has 1 N–H and O–H groups in total. The van der Waals surface area contributed by atoms with Crippen LogP contribution in [0.3, 0.4) is 0 Å². The molecule has 94 valence electrons. The first-order valence-corrected chi connectivity index (χ1v) is 6.14. The first-order chi connectivity index (χ1) is 8.14. The zero-order valence-electron chi connectivity index (χ0n) is 10.2. The van der Waals surface area contributed by atoms with Gasteiger partial charge in [-0.2, -0.15) is 0 Å². The van der Waals surface area contributed by atoms with Gasteiger partial charge < -0.3 is 9.84 Å². The average molecular weight is 238 g/mol. The summed E-state index contributed by atoms with van der Waals surface area (Å²) in [6, 6.07) is 6.43. The largest absolute Gasteiger partial charge is 0.387 e. The van der Waals surface area contributed by atoms with Gasteiger partial charge in [-0.1, -0.05) is 25.0 Å². The number of methoxy groups -OCH3 is 1. The lowest BCUT2D eigenvalue weighted by Gasteiger charge is -2.39. The molecule has 1 aliphatic carbocycles. The van der Waals surface area contributed by atoms with Gasteiger partial charge in [-0.25, -0.2) is 4.39 Å². The van der Waals surface area contributed by atoms with E-state index in [0.717, 1.165) is 31.2 Å². The van der Waals surface area contributed by atoms with Crippen molar-refractivity contribution in [3.63, 3.8) is 0 Å². The van der Waals surface area contributed by atoms with Crippen molar-refractivity contribution in [3.05, 3.63) is 35.6 Å². The Labute approximate surface area is 101 Å². The lowest BCUT2D eigenvalue weighted by Crippen LogP contribution is -2.47. The van der Waals surface area contributed by atoms with Crippen molar-refractivity contribution < 1.29 is 14.2 Å². The van der Waals surface area contributed by atoms with E-state index < -0.39 is 5.60 Å². The Balaban J connectivity index is 2.14. The molecule has 2 nitrogen and oxygen atoms in total.